The Kier molecular flexibility index (Phi) is 4.58. The van der Waals surface area contributed by atoms with Gasteiger partial charge >= 0.3 is 0 Å². The van der Waals surface area contributed by atoms with E-state index in [1.54, 1.807) is 12.1 Å². The first kappa shape index (κ1) is 17.0. The average Bonchev–Trinajstić information content (AvgIpc) is 2.91. The number of carbonyl (C=O) groups is 1. The lowest BCUT2D eigenvalue weighted by atomic mass is 10.1. The van der Waals surface area contributed by atoms with Crippen molar-refractivity contribution in [1.29, 1.82) is 0 Å². The Morgan fingerprint density at radius 2 is 1.65 bits per heavy atom. The van der Waals surface area contributed by atoms with Gasteiger partial charge in [-0.1, -0.05) is 71.7 Å². The zero-order chi connectivity index (χ0) is 18.1. The molecule has 4 rings (SSSR count). The molecule has 1 heterocycles. The third-order valence-electron chi connectivity index (χ3n) is 4.48. The van der Waals surface area contributed by atoms with Crippen LogP contribution in [-0.2, 0) is 6.54 Å². The fourth-order valence-corrected chi connectivity index (χ4v) is 3.69. The molecule has 3 aromatic carbocycles. The van der Waals surface area contributed by atoms with E-state index in [-0.39, 0.29) is 12.1 Å². The predicted octanol–water partition coefficient (Wildman–Crippen LogP) is 5.76. The average molecular weight is 383 g/mol. The first-order chi connectivity index (χ1) is 12.6. The van der Waals surface area contributed by atoms with E-state index in [0.717, 1.165) is 16.8 Å². The second-order valence-corrected chi connectivity index (χ2v) is 7.02. The van der Waals surface area contributed by atoms with Gasteiger partial charge in [-0.3, -0.25) is 4.79 Å². The van der Waals surface area contributed by atoms with E-state index in [1.165, 1.54) is 0 Å². The molecule has 0 bridgehead atoms. The van der Waals surface area contributed by atoms with Crippen molar-refractivity contribution in [3.05, 3.63) is 99.5 Å². The van der Waals surface area contributed by atoms with Gasteiger partial charge in [0.2, 0.25) is 0 Å². The Bertz CT molecular complexity index is 959. The monoisotopic (exact) mass is 382 g/mol. The van der Waals surface area contributed by atoms with Crippen LogP contribution in [0.3, 0.4) is 0 Å². The van der Waals surface area contributed by atoms with Crippen LogP contribution in [0.15, 0.2) is 72.8 Å². The molecule has 0 saturated heterocycles. The summed E-state index contributed by atoms with van der Waals surface area (Å²) in [5.74, 6) is 0.00652. The van der Waals surface area contributed by atoms with E-state index in [2.05, 4.69) is 5.32 Å². The molecule has 1 N–H and O–H groups in total. The number of nitrogens with zero attached hydrogens (tertiary/aromatic N) is 1. The van der Waals surface area contributed by atoms with Crippen molar-refractivity contribution in [2.45, 2.75) is 12.7 Å². The summed E-state index contributed by atoms with van der Waals surface area (Å²) in [7, 11) is 0. The van der Waals surface area contributed by atoms with Gasteiger partial charge in [0, 0.05) is 22.7 Å². The van der Waals surface area contributed by atoms with Crippen LogP contribution in [0.4, 0.5) is 5.69 Å². The molecule has 0 fully saturated rings. The third kappa shape index (κ3) is 3.16. The molecule has 1 aliphatic rings. The van der Waals surface area contributed by atoms with Gasteiger partial charge in [0.25, 0.3) is 5.91 Å². The standard InChI is InChI=1S/C21H16Cl2N2O/c22-15-10-11-19(18(23)12-15)24-20-16-8-4-5-9-17(16)21(26)25(20)13-14-6-2-1-3-7-14/h1-12,20,24H,13H2/t20-/m0/s1. The van der Waals surface area contributed by atoms with Crippen molar-refractivity contribution >= 4 is 34.8 Å². The fourth-order valence-electron chi connectivity index (χ4n) is 3.22. The first-order valence-electron chi connectivity index (χ1n) is 8.29. The highest BCUT2D eigenvalue weighted by Crippen LogP contribution is 2.37. The molecule has 0 aromatic heterocycles. The molecule has 0 radical (unpaired) electrons. The Balaban J connectivity index is 1.71. The van der Waals surface area contributed by atoms with Gasteiger partial charge in [0.1, 0.15) is 6.17 Å². The number of amides is 1. The fraction of sp³-hybridized carbons (Fsp3) is 0.0952. The maximum absolute atomic E-state index is 13.0. The quantitative estimate of drug-likeness (QED) is 0.621. The summed E-state index contributed by atoms with van der Waals surface area (Å²) >= 11 is 12.3. The molecular weight excluding hydrogens is 367 g/mol. The normalized spacial score (nSPS) is 15.8. The van der Waals surface area contributed by atoms with Gasteiger partial charge in [0.05, 0.1) is 10.7 Å². The lowest BCUT2D eigenvalue weighted by Gasteiger charge is -2.27. The maximum Gasteiger partial charge on any atom is 0.256 e. The van der Waals surface area contributed by atoms with E-state index in [4.69, 9.17) is 23.2 Å². The molecule has 3 nitrogen and oxygen atoms in total. The van der Waals surface area contributed by atoms with E-state index in [9.17, 15) is 4.79 Å². The number of halogens is 2. The summed E-state index contributed by atoms with van der Waals surface area (Å²) < 4.78 is 0. The Labute approximate surface area is 162 Å². The highest BCUT2D eigenvalue weighted by atomic mass is 35.5. The number of hydrogen-bond donors (Lipinski definition) is 1. The minimum Gasteiger partial charge on any atom is -0.360 e. The van der Waals surface area contributed by atoms with Crippen molar-refractivity contribution < 1.29 is 4.79 Å². The lowest BCUT2D eigenvalue weighted by molar-refractivity contribution is 0.0729. The minimum absolute atomic E-state index is 0.00652. The maximum atomic E-state index is 13.0. The molecule has 3 aromatic rings. The van der Waals surface area contributed by atoms with Crippen molar-refractivity contribution in [3.63, 3.8) is 0 Å². The van der Waals surface area contributed by atoms with Crippen LogP contribution in [0.5, 0.6) is 0 Å². The number of anilines is 1. The summed E-state index contributed by atoms with van der Waals surface area (Å²) in [6, 6.07) is 22.9. The zero-order valence-electron chi connectivity index (χ0n) is 13.8. The van der Waals surface area contributed by atoms with Gasteiger partial charge in [-0.25, -0.2) is 0 Å². The van der Waals surface area contributed by atoms with Crippen molar-refractivity contribution in [1.82, 2.24) is 4.90 Å². The molecule has 5 heteroatoms. The highest BCUT2D eigenvalue weighted by molar-refractivity contribution is 6.36. The molecule has 1 atom stereocenters. The van der Waals surface area contributed by atoms with E-state index in [0.29, 0.717) is 22.2 Å². The van der Waals surface area contributed by atoms with Gasteiger partial charge in [-0.05, 0) is 29.8 Å². The third-order valence-corrected chi connectivity index (χ3v) is 5.03. The van der Waals surface area contributed by atoms with Crippen LogP contribution in [-0.4, -0.2) is 10.8 Å². The molecule has 130 valence electrons. The molecule has 0 aliphatic carbocycles. The van der Waals surface area contributed by atoms with Crippen LogP contribution in [0.1, 0.15) is 27.7 Å². The number of nitrogens with one attached hydrogen (secondary N) is 1. The summed E-state index contributed by atoms with van der Waals surface area (Å²) in [5.41, 5.74) is 3.47. The minimum atomic E-state index is -0.294. The Hall–Kier alpha value is -2.49. The summed E-state index contributed by atoms with van der Waals surface area (Å²) in [4.78, 5) is 14.8. The van der Waals surface area contributed by atoms with Crippen LogP contribution < -0.4 is 5.32 Å². The predicted molar refractivity (Wildman–Crippen MR) is 106 cm³/mol. The van der Waals surface area contributed by atoms with Crippen LogP contribution >= 0.6 is 23.2 Å². The van der Waals surface area contributed by atoms with Gasteiger partial charge in [-0.2, -0.15) is 0 Å². The highest BCUT2D eigenvalue weighted by Gasteiger charge is 2.36. The number of fused-ring (bicyclic) bond motifs is 1. The second kappa shape index (κ2) is 7.02. The summed E-state index contributed by atoms with van der Waals surface area (Å²) in [5, 5.41) is 4.50. The molecular formula is C21H16Cl2N2O. The first-order valence-corrected chi connectivity index (χ1v) is 9.04. The van der Waals surface area contributed by atoms with Crippen molar-refractivity contribution in [2.75, 3.05) is 5.32 Å². The Morgan fingerprint density at radius 1 is 0.923 bits per heavy atom. The van der Waals surface area contributed by atoms with Crippen LogP contribution in [0.25, 0.3) is 0 Å². The molecule has 0 unspecified atom stereocenters. The zero-order valence-corrected chi connectivity index (χ0v) is 15.3. The topological polar surface area (TPSA) is 32.3 Å². The number of benzene rings is 3. The van der Waals surface area contributed by atoms with E-state index < -0.39 is 0 Å². The van der Waals surface area contributed by atoms with Gasteiger partial charge in [0.15, 0.2) is 0 Å². The van der Waals surface area contributed by atoms with Gasteiger partial charge in [-0.15, -0.1) is 0 Å². The largest absolute Gasteiger partial charge is 0.360 e. The van der Waals surface area contributed by atoms with E-state index >= 15 is 0 Å². The molecule has 1 aliphatic heterocycles. The van der Waals surface area contributed by atoms with Crippen molar-refractivity contribution in [3.8, 4) is 0 Å². The number of hydrogen-bond acceptors (Lipinski definition) is 2. The van der Waals surface area contributed by atoms with Crippen molar-refractivity contribution in [2.24, 2.45) is 0 Å². The lowest BCUT2D eigenvalue weighted by Crippen LogP contribution is -2.31. The van der Waals surface area contributed by atoms with Crippen LogP contribution in [0.2, 0.25) is 10.0 Å². The molecule has 0 saturated carbocycles. The molecule has 26 heavy (non-hydrogen) atoms. The molecule has 1 amide bonds. The van der Waals surface area contributed by atoms with Gasteiger partial charge < -0.3 is 10.2 Å². The molecule has 0 spiro atoms. The number of rotatable bonds is 4. The van der Waals surface area contributed by atoms with E-state index in [1.807, 2.05) is 65.6 Å². The second-order valence-electron chi connectivity index (χ2n) is 6.18. The smallest absolute Gasteiger partial charge is 0.256 e. The van der Waals surface area contributed by atoms with Crippen LogP contribution in [0, 0.1) is 0 Å². The summed E-state index contributed by atoms with van der Waals surface area (Å²) in [6.45, 7) is 0.511. The Morgan fingerprint density at radius 3 is 2.42 bits per heavy atom. The SMILES string of the molecule is O=C1c2ccccc2[C@@H](Nc2ccc(Cl)cc2Cl)N1Cc1ccccc1. The summed E-state index contributed by atoms with van der Waals surface area (Å²) in [6.07, 6.45) is -0.294. The number of carbonyl (C=O) groups excluding carboxylic acids is 1.